The second-order valence-electron chi connectivity index (χ2n) is 20.3. The van der Waals surface area contributed by atoms with Crippen LogP contribution in [0.5, 0.6) is 11.5 Å². The minimum atomic E-state index is -3.33. The van der Waals surface area contributed by atoms with Crippen LogP contribution in [0.15, 0.2) is 99.6 Å². The first-order chi connectivity index (χ1) is 38.3. The Morgan fingerprint density at radius 3 is 2.45 bits per heavy atom. The number of aldehydes is 2. The van der Waals surface area contributed by atoms with Gasteiger partial charge in [0.2, 0.25) is 24.7 Å². The van der Waals surface area contributed by atoms with E-state index in [1.54, 1.807) is 19.3 Å². The van der Waals surface area contributed by atoms with Gasteiger partial charge in [-0.3, -0.25) is 10.1 Å². The predicted molar refractivity (Wildman–Crippen MR) is 289 cm³/mol. The molecule has 1 aliphatic carbocycles. The van der Waals surface area contributed by atoms with Crippen LogP contribution in [0.1, 0.15) is 56.1 Å². The highest BCUT2D eigenvalue weighted by atomic mass is 16.8. The predicted octanol–water partition coefficient (Wildman–Crippen LogP) is 1.67. The number of ether oxygens (including phenoxy) is 3. The van der Waals surface area contributed by atoms with E-state index in [2.05, 4.69) is 25.9 Å². The Morgan fingerprint density at radius 1 is 1.02 bits per heavy atom. The number of carboxylic acid groups (broad SMARTS) is 1. The molecule has 13 N–H and O–H groups in total. The van der Waals surface area contributed by atoms with Gasteiger partial charge in [-0.2, -0.15) is 4.73 Å². The average molecular weight is 1110 g/mol. The Morgan fingerprint density at radius 2 is 1.77 bits per heavy atom. The fourth-order valence-corrected chi connectivity index (χ4v) is 10.9. The number of nitrogens with one attached hydrogen (secondary N) is 4. The van der Waals surface area contributed by atoms with Crippen molar-refractivity contribution in [2.24, 2.45) is 16.6 Å². The Kier molecular flexibility index (Phi) is 18.1. The molecule has 1 saturated carbocycles. The second-order valence-corrected chi connectivity index (χ2v) is 20.3. The van der Waals surface area contributed by atoms with Crippen molar-refractivity contribution in [3.8, 4) is 33.9 Å². The number of carbonyl (C=O) groups excluding carboxylic acids is 3. The van der Waals surface area contributed by atoms with Gasteiger partial charge >= 0.3 is 11.9 Å². The lowest BCUT2D eigenvalue weighted by Gasteiger charge is -2.57. The number of H-pyrrole nitrogens is 1. The maximum absolute atomic E-state index is 14.2. The molecule has 1 aliphatic heterocycles. The topological polar surface area (TPSA) is 372 Å². The van der Waals surface area contributed by atoms with Gasteiger partial charge in [0.15, 0.2) is 28.7 Å². The summed E-state index contributed by atoms with van der Waals surface area (Å²) in [5.74, 6) is -4.53. The number of aromatic nitrogens is 2. The summed E-state index contributed by atoms with van der Waals surface area (Å²) in [5, 5.41) is 90.6. The highest BCUT2D eigenvalue weighted by Crippen LogP contribution is 2.46. The number of aromatic amines is 1. The van der Waals surface area contributed by atoms with Crippen LogP contribution < -0.4 is 36.7 Å². The molecular formula is C56H67N7O17. The summed E-state index contributed by atoms with van der Waals surface area (Å²) < 4.78 is 26.2. The quantitative estimate of drug-likeness (QED) is 0.0102. The Balaban J connectivity index is 1.33. The van der Waals surface area contributed by atoms with Crippen LogP contribution in [0.2, 0.25) is 0 Å². The van der Waals surface area contributed by atoms with Crippen LogP contribution in [0.3, 0.4) is 0 Å². The summed E-state index contributed by atoms with van der Waals surface area (Å²) in [6.07, 6.45) is -4.62. The molecule has 3 aromatic heterocycles. The van der Waals surface area contributed by atoms with E-state index < -0.39 is 96.6 Å². The monoisotopic (exact) mass is 1110 g/mol. The van der Waals surface area contributed by atoms with Crippen molar-refractivity contribution in [1.82, 2.24) is 25.7 Å². The first-order valence-electron chi connectivity index (χ1n) is 26.1. The number of hydrogen-bond acceptors (Lipinski definition) is 19. The lowest BCUT2D eigenvalue weighted by molar-refractivity contribution is -0.386. The number of aliphatic hydroxyl groups excluding tert-OH is 3. The molecule has 6 aromatic rings. The molecule has 0 radical (unpaired) electrons. The molecular weight excluding hydrogens is 1040 g/mol. The number of esters is 1. The number of aromatic hydroxyl groups is 1. The summed E-state index contributed by atoms with van der Waals surface area (Å²) in [7, 11) is 1.70. The number of nitrogens with zero attached hydrogens (tertiary/aromatic N) is 2. The van der Waals surface area contributed by atoms with Gasteiger partial charge in [-0.1, -0.05) is 42.2 Å². The molecule has 4 heterocycles. The maximum Gasteiger partial charge on any atom is 0.336 e. The van der Waals surface area contributed by atoms with Crippen molar-refractivity contribution in [2.75, 3.05) is 33.4 Å². The zero-order chi connectivity index (χ0) is 57.5. The summed E-state index contributed by atoms with van der Waals surface area (Å²) in [6, 6.07) is 15.1. The minimum Gasteiger partial charge on any atom is -0.508 e. The summed E-state index contributed by atoms with van der Waals surface area (Å²) >= 11 is 0. The van der Waals surface area contributed by atoms with E-state index in [0.717, 1.165) is 17.5 Å². The second kappa shape index (κ2) is 24.8. The molecule has 8 rings (SSSR count). The number of aliphatic imine (C=N–C) groups is 1. The lowest BCUT2D eigenvalue weighted by atomic mass is 9.68. The molecule has 2 fully saturated rings. The zero-order valence-electron chi connectivity index (χ0n) is 44.2. The van der Waals surface area contributed by atoms with E-state index in [9.17, 15) is 59.7 Å². The van der Waals surface area contributed by atoms with Crippen LogP contribution in [-0.2, 0) is 28.7 Å². The minimum absolute atomic E-state index is 0.0238. The molecule has 24 heteroatoms. The van der Waals surface area contributed by atoms with Crippen LogP contribution in [-0.4, -0.2) is 163 Å². The van der Waals surface area contributed by atoms with E-state index in [0.29, 0.717) is 59.7 Å². The number of guanidine groups is 1. The number of phenols is 1. The van der Waals surface area contributed by atoms with Crippen molar-refractivity contribution in [3.63, 3.8) is 0 Å². The van der Waals surface area contributed by atoms with Gasteiger partial charge in [0.05, 0.1) is 40.9 Å². The number of fused-ring (bicyclic) bond motifs is 2. The molecule has 0 unspecified atom stereocenters. The van der Waals surface area contributed by atoms with E-state index >= 15 is 0 Å². The molecule has 0 bridgehead atoms. The van der Waals surface area contributed by atoms with Gasteiger partial charge in [0, 0.05) is 55.2 Å². The zero-order valence-corrected chi connectivity index (χ0v) is 44.2. The number of aliphatic hydroxyl groups is 5. The molecule has 24 nitrogen and oxygen atoms in total. The van der Waals surface area contributed by atoms with Crippen LogP contribution in [0, 0.1) is 19.8 Å². The summed E-state index contributed by atoms with van der Waals surface area (Å²) in [5.41, 5.74) is 1.99. The van der Waals surface area contributed by atoms with Crippen LogP contribution in [0.25, 0.3) is 44.3 Å². The molecule has 80 heavy (non-hydrogen) atoms. The Labute approximate surface area is 458 Å². The van der Waals surface area contributed by atoms with Gasteiger partial charge in [0.1, 0.15) is 41.6 Å². The van der Waals surface area contributed by atoms with Crippen molar-refractivity contribution >= 4 is 52.3 Å². The van der Waals surface area contributed by atoms with E-state index in [-0.39, 0.29) is 59.8 Å². The largest absolute Gasteiger partial charge is 0.508 e. The molecule has 2 aliphatic rings. The third-order valence-corrected chi connectivity index (χ3v) is 14.9. The number of carbonyl (C=O) groups is 4. The number of hydrogen-bond donors (Lipinski definition) is 12. The Bertz CT molecular complexity index is 3250. The van der Waals surface area contributed by atoms with E-state index in [1.807, 2.05) is 32.0 Å². The third-order valence-electron chi connectivity index (χ3n) is 14.9. The number of benzene rings is 3. The fraction of sp³-hybridized carbons (Fsp3) is 0.429. The van der Waals surface area contributed by atoms with Crippen LogP contribution >= 0.6 is 0 Å². The third kappa shape index (κ3) is 11.6. The van der Waals surface area contributed by atoms with Crippen molar-refractivity contribution in [3.05, 3.63) is 107 Å². The first-order valence-corrected chi connectivity index (χ1v) is 26.1. The number of aryl methyl sites for hydroxylation is 2. The number of rotatable bonds is 24. The number of aliphatic carboxylic acids is 1. The number of nitrogens with two attached hydrogens (primary N) is 1. The smallest absolute Gasteiger partial charge is 0.336 e. The van der Waals surface area contributed by atoms with Gasteiger partial charge in [0.25, 0.3) is 0 Å². The number of carboxylic acids is 1. The molecule has 3 aromatic carbocycles. The van der Waals surface area contributed by atoms with Gasteiger partial charge < -0.3 is 90.2 Å². The molecule has 0 amide bonds. The lowest BCUT2D eigenvalue weighted by Crippen LogP contribution is -2.82. The van der Waals surface area contributed by atoms with Gasteiger partial charge in [-0.25, -0.2) is 14.6 Å². The average Bonchev–Trinajstić information content (AvgIpc) is 4.00. The van der Waals surface area contributed by atoms with E-state index in [1.165, 1.54) is 59.7 Å². The first kappa shape index (κ1) is 58.5. The summed E-state index contributed by atoms with van der Waals surface area (Å²) in [6.45, 7) is 1.69. The van der Waals surface area contributed by atoms with Gasteiger partial charge in [-0.05, 0) is 94.6 Å². The van der Waals surface area contributed by atoms with Crippen molar-refractivity contribution < 1.29 is 78.4 Å². The normalized spacial score (nSPS) is 24.4. The van der Waals surface area contributed by atoms with Crippen molar-refractivity contribution in [2.45, 2.75) is 112 Å². The number of phenolic OH excluding ortho intramolecular Hbond substituents is 1. The highest BCUT2D eigenvalue weighted by molar-refractivity contribution is 5.98. The van der Waals surface area contributed by atoms with Crippen LogP contribution in [0.4, 0.5) is 0 Å². The maximum atomic E-state index is 14.2. The molecule has 10 atom stereocenters. The SMILES string of the molecule is CNC[C@H]1CCCC[C@@]1(C=O)NC(N)=N[C@H](OC(=O)[C@H](NCCC=O)C(=O)O)[C@@H]1O[C@H](Oc2ccc3c(=O)c(-c4ccc(O)cc4)coc3c2)[C@@H](On2cc3cc[nH]c3c2-c2cc(C)cc(C)c2)[C@@](O)([C@H](O)CCCO)[C@]1(O)CO. The molecule has 0 spiro atoms. The molecule has 428 valence electrons. The van der Waals surface area contributed by atoms with E-state index in [4.69, 9.17) is 29.2 Å². The Hall–Kier alpha value is -7.68. The fourth-order valence-electron chi connectivity index (χ4n) is 10.9. The standard InChI is InChI=1S/C56H67N7O17/c1-31-22-32(2)24-35(23-31)45-43-34(16-19-60-43)27-63(45)80-48-52(77-38-14-15-39-41(25-38)76-28-40(46(39)70)33-10-12-37(68)13-11-33)78-47(55(74,30-67)56(48,75)42(69)9-6-20-64)49(79-51(73)44(50(71)72)59-18-7-21-65)61-53(57)62-54(29-66)17-5-4-8-36(54)26-58-3/h10-16,19,21-25,27-29,36,42,44,47-49,52,58-60,64,67-69,74-75H,4-9,17-18,20,26,30H2,1-3H3,(H,71,72)(H3,57,61,62)/t36-,42-,44-,47+,48-,49-,52+,54+,55+,56+/m1/s1. The van der Waals surface area contributed by atoms with Gasteiger partial charge in [-0.15, -0.1) is 0 Å². The molecule has 1 saturated heterocycles. The summed E-state index contributed by atoms with van der Waals surface area (Å²) in [4.78, 5) is 79.6. The van der Waals surface area contributed by atoms with Crippen molar-refractivity contribution in [1.29, 1.82) is 0 Å². The highest BCUT2D eigenvalue weighted by Gasteiger charge is 2.72.